The zero-order chi connectivity index (χ0) is 8.27. The highest BCUT2D eigenvalue weighted by molar-refractivity contribution is 5.69. The van der Waals surface area contributed by atoms with Gasteiger partial charge in [0.1, 0.15) is 0 Å². The van der Waals surface area contributed by atoms with E-state index in [2.05, 4.69) is 11.6 Å². The van der Waals surface area contributed by atoms with Crippen LogP contribution >= 0.6 is 0 Å². The summed E-state index contributed by atoms with van der Waals surface area (Å²) in [5.41, 5.74) is 0.904. The SMILES string of the molecule is C=Cc1c[nH]c(OC(C)=O)c1. The van der Waals surface area contributed by atoms with Gasteiger partial charge in [0.2, 0.25) is 5.88 Å². The number of aromatic nitrogens is 1. The second-order valence-corrected chi connectivity index (χ2v) is 2.10. The van der Waals surface area contributed by atoms with Crippen LogP contribution in [0.3, 0.4) is 0 Å². The summed E-state index contributed by atoms with van der Waals surface area (Å²) < 4.78 is 4.75. The lowest BCUT2D eigenvalue weighted by Gasteiger charge is -1.93. The van der Waals surface area contributed by atoms with Crippen molar-refractivity contribution >= 4 is 12.0 Å². The molecule has 0 atom stereocenters. The minimum absolute atomic E-state index is 0.331. The van der Waals surface area contributed by atoms with E-state index in [4.69, 9.17) is 4.74 Å². The van der Waals surface area contributed by atoms with Gasteiger partial charge in [-0.1, -0.05) is 12.7 Å². The molecule has 0 aliphatic carbocycles. The van der Waals surface area contributed by atoms with Crippen LogP contribution in [0.2, 0.25) is 0 Å². The van der Waals surface area contributed by atoms with Gasteiger partial charge in [0, 0.05) is 19.2 Å². The van der Waals surface area contributed by atoms with E-state index in [1.807, 2.05) is 0 Å². The molecule has 0 aromatic carbocycles. The van der Waals surface area contributed by atoms with Crippen molar-refractivity contribution in [3.63, 3.8) is 0 Å². The largest absolute Gasteiger partial charge is 0.410 e. The number of aromatic amines is 1. The Morgan fingerprint density at radius 3 is 3.00 bits per heavy atom. The van der Waals surface area contributed by atoms with Gasteiger partial charge in [-0.05, 0) is 5.56 Å². The number of esters is 1. The lowest BCUT2D eigenvalue weighted by Crippen LogP contribution is -2.00. The molecule has 58 valence electrons. The van der Waals surface area contributed by atoms with Crippen LogP contribution in [0, 0.1) is 0 Å². The third-order valence-electron chi connectivity index (χ3n) is 1.17. The Balaban J connectivity index is 2.72. The quantitative estimate of drug-likeness (QED) is 0.652. The summed E-state index contributed by atoms with van der Waals surface area (Å²) in [6.07, 6.45) is 3.38. The monoisotopic (exact) mass is 151 g/mol. The van der Waals surface area contributed by atoms with E-state index in [0.717, 1.165) is 5.56 Å². The highest BCUT2D eigenvalue weighted by atomic mass is 16.5. The van der Waals surface area contributed by atoms with Crippen LogP contribution in [0.1, 0.15) is 12.5 Å². The molecule has 1 N–H and O–H groups in total. The molecule has 0 spiro atoms. The first-order chi connectivity index (χ1) is 5.22. The highest BCUT2D eigenvalue weighted by Gasteiger charge is 1.98. The van der Waals surface area contributed by atoms with Crippen LogP contribution in [0.15, 0.2) is 18.8 Å². The number of nitrogens with one attached hydrogen (secondary N) is 1. The van der Waals surface area contributed by atoms with Crippen molar-refractivity contribution < 1.29 is 9.53 Å². The topological polar surface area (TPSA) is 42.1 Å². The van der Waals surface area contributed by atoms with E-state index in [9.17, 15) is 4.79 Å². The molecule has 0 saturated heterocycles. The van der Waals surface area contributed by atoms with E-state index in [-0.39, 0.29) is 5.97 Å². The molecule has 0 unspecified atom stereocenters. The summed E-state index contributed by atoms with van der Waals surface area (Å²) in [5, 5.41) is 0. The van der Waals surface area contributed by atoms with Crippen LogP contribution in [-0.4, -0.2) is 11.0 Å². The second-order valence-electron chi connectivity index (χ2n) is 2.10. The molecular weight excluding hydrogens is 142 g/mol. The zero-order valence-corrected chi connectivity index (χ0v) is 6.26. The molecule has 0 radical (unpaired) electrons. The minimum Gasteiger partial charge on any atom is -0.410 e. The van der Waals surface area contributed by atoms with Crippen LogP contribution in [0.5, 0.6) is 5.88 Å². The van der Waals surface area contributed by atoms with Crippen molar-refractivity contribution in [3.05, 3.63) is 24.4 Å². The Bertz CT molecular complexity index is 275. The first kappa shape index (κ1) is 7.60. The molecule has 0 amide bonds. The fourth-order valence-electron chi connectivity index (χ4n) is 0.721. The fourth-order valence-corrected chi connectivity index (χ4v) is 0.721. The van der Waals surface area contributed by atoms with Gasteiger partial charge in [0.05, 0.1) is 0 Å². The van der Waals surface area contributed by atoms with Crippen molar-refractivity contribution in [1.29, 1.82) is 0 Å². The van der Waals surface area contributed by atoms with Gasteiger partial charge >= 0.3 is 5.97 Å². The molecule has 0 saturated carbocycles. The van der Waals surface area contributed by atoms with Gasteiger partial charge < -0.3 is 9.72 Å². The first-order valence-electron chi connectivity index (χ1n) is 3.21. The Hall–Kier alpha value is -1.51. The molecule has 0 fully saturated rings. The third kappa shape index (κ3) is 1.97. The standard InChI is InChI=1S/C8H9NO2/c1-3-7-4-8(9-5-7)11-6(2)10/h3-5,9H,1H2,2H3. The van der Waals surface area contributed by atoms with Crippen LogP contribution in [0.4, 0.5) is 0 Å². The van der Waals surface area contributed by atoms with E-state index in [1.54, 1.807) is 18.3 Å². The summed E-state index contributed by atoms with van der Waals surface area (Å²) in [5.74, 6) is 0.120. The predicted octanol–water partition coefficient (Wildman–Crippen LogP) is 1.58. The molecule has 1 aromatic rings. The number of carbonyl (C=O) groups excluding carboxylic acids is 1. The Morgan fingerprint density at radius 2 is 2.55 bits per heavy atom. The summed E-state index contributed by atoms with van der Waals surface area (Å²) >= 11 is 0. The summed E-state index contributed by atoms with van der Waals surface area (Å²) in [6, 6.07) is 1.70. The van der Waals surface area contributed by atoms with E-state index in [0.29, 0.717) is 5.88 Å². The number of carbonyl (C=O) groups is 1. The van der Waals surface area contributed by atoms with Gasteiger partial charge in [-0.15, -0.1) is 0 Å². The van der Waals surface area contributed by atoms with Crippen LogP contribution < -0.4 is 4.74 Å². The third-order valence-corrected chi connectivity index (χ3v) is 1.17. The van der Waals surface area contributed by atoms with Crippen molar-refractivity contribution in [3.8, 4) is 5.88 Å². The molecule has 0 bridgehead atoms. The molecule has 3 nitrogen and oxygen atoms in total. The summed E-state index contributed by atoms with van der Waals surface area (Å²) in [7, 11) is 0. The lowest BCUT2D eigenvalue weighted by molar-refractivity contribution is -0.132. The molecule has 1 heterocycles. The van der Waals surface area contributed by atoms with Crippen LogP contribution in [-0.2, 0) is 4.79 Å². The molecule has 0 aliphatic rings. The minimum atomic E-state index is -0.331. The number of hydrogen-bond donors (Lipinski definition) is 1. The zero-order valence-electron chi connectivity index (χ0n) is 6.26. The van der Waals surface area contributed by atoms with Gasteiger partial charge in [0.25, 0.3) is 0 Å². The maximum Gasteiger partial charge on any atom is 0.309 e. The van der Waals surface area contributed by atoms with Gasteiger partial charge in [0.15, 0.2) is 0 Å². The summed E-state index contributed by atoms with van der Waals surface area (Å²) in [4.78, 5) is 13.2. The normalized spacial score (nSPS) is 9.18. The number of ether oxygens (including phenoxy) is 1. The Morgan fingerprint density at radius 1 is 1.82 bits per heavy atom. The smallest absolute Gasteiger partial charge is 0.309 e. The summed E-state index contributed by atoms with van der Waals surface area (Å²) in [6.45, 7) is 4.92. The second kappa shape index (κ2) is 3.05. The van der Waals surface area contributed by atoms with E-state index < -0.39 is 0 Å². The molecule has 1 aromatic heterocycles. The lowest BCUT2D eigenvalue weighted by atomic mass is 10.3. The van der Waals surface area contributed by atoms with Crippen molar-refractivity contribution in [1.82, 2.24) is 4.98 Å². The van der Waals surface area contributed by atoms with Gasteiger partial charge in [-0.3, -0.25) is 4.79 Å². The molecule has 1 rings (SSSR count). The Kier molecular flexibility index (Phi) is 2.11. The number of hydrogen-bond acceptors (Lipinski definition) is 2. The molecule has 3 heteroatoms. The van der Waals surface area contributed by atoms with Crippen molar-refractivity contribution in [2.24, 2.45) is 0 Å². The molecule has 0 aliphatic heterocycles. The first-order valence-corrected chi connectivity index (χ1v) is 3.21. The van der Waals surface area contributed by atoms with E-state index in [1.165, 1.54) is 6.92 Å². The van der Waals surface area contributed by atoms with Crippen molar-refractivity contribution in [2.75, 3.05) is 0 Å². The molecule has 11 heavy (non-hydrogen) atoms. The van der Waals surface area contributed by atoms with Gasteiger partial charge in [-0.2, -0.15) is 0 Å². The number of rotatable bonds is 2. The Labute approximate surface area is 64.7 Å². The number of H-pyrrole nitrogens is 1. The average molecular weight is 151 g/mol. The van der Waals surface area contributed by atoms with Gasteiger partial charge in [-0.25, -0.2) is 0 Å². The maximum absolute atomic E-state index is 10.4. The molecular formula is C8H9NO2. The predicted molar refractivity (Wildman–Crippen MR) is 42.2 cm³/mol. The van der Waals surface area contributed by atoms with Crippen molar-refractivity contribution in [2.45, 2.75) is 6.92 Å². The van der Waals surface area contributed by atoms with E-state index >= 15 is 0 Å². The highest BCUT2D eigenvalue weighted by Crippen LogP contribution is 2.11. The average Bonchev–Trinajstić information content (AvgIpc) is 2.34. The fraction of sp³-hybridized carbons (Fsp3) is 0.125. The maximum atomic E-state index is 10.4. The van der Waals surface area contributed by atoms with Crippen LogP contribution in [0.25, 0.3) is 6.08 Å².